The van der Waals surface area contributed by atoms with E-state index >= 15 is 0 Å². The second-order valence-corrected chi connectivity index (χ2v) is 12.0. The van der Waals surface area contributed by atoms with E-state index in [0.29, 0.717) is 17.3 Å². The Morgan fingerprint density at radius 3 is 2.35 bits per heavy atom. The Kier molecular flexibility index (Phi) is 9.71. The number of hydrogen-bond acceptors (Lipinski definition) is 1. The summed E-state index contributed by atoms with van der Waals surface area (Å²) >= 11 is 0. The molecular formula is C33H54O. The Morgan fingerprint density at radius 1 is 1.06 bits per heavy atom. The zero-order valence-corrected chi connectivity index (χ0v) is 22.3. The maximum absolute atomic E-state index is 8.17. The van der Waals surface area contributed by atoms with E-state index in [2.05, 4.69) is 65.7 Å². The first-order valence-corrected chi connectivity index (χ1v) is 13.7. The van der Waals surface area contributed by atoms with Crippen molar-refractivity contribution in [3.63, 3.8) is 0 Å². The number of aliphatic hydroxyl groups excluding tert-OH is 1. The third-order valence-corrected chi connectivity index (χ3v) is 10.1. The summed E-state index contributed by atoms with van der Waals surface area (Å²) in [6.45, 7) is 23.9. The molecule has 3 fully saturated rings. The summed E-state index contributed by atoms with van der Waals surface area (Å²) in [6.07, 6.45) is 19.8. The number of allylic oxidation sites excluding steroid dienone is 7. The lowest BCUT2D eigenvalue weighted by molar-refractivity contribution is -0.0287. The Hall–Kier alpha value is -1.50. The molecule has 1 heteroatoms. The summed E-state index contributed by atoms with van der Waals surface area (Å²) in [5, 5.41) is 8.17. The molecule has 34 heavy (non-hydrogen) atoms. The van der Waals surface area contributed by atoms with Crippen molar-refractivity contribution in [1.82, 2.24) is 0 Å². The van der Waals surface area contributed by atoms with E-state index in [9.17, 15) is 0 Å². The molecule has 0 heterocycles. The normalized spacial score (nSPS) is 37.6. The molecule has 1 N–H and O–H groups in total. The van der Waals surface area contributed by atoms with Crippen LogP contribution >= 0.6 is 0 Å². The summed E-state index contributed by atoms with van der Waals surface area (Å²) in [7, 11) is 0. The van der Waals surface area contributed by atoms with Crippen molar-refractivity contribution >= 4 is 0 Å². The van der Waals surface area contributed by atoms with Crippen LogP contribution < -0.4 is 0 Å². The molecule has 0 saturated heterocycles. The Bertz CT molecular complexity index is 812. The third kappa shape index (κ3) is 5.34. The van der Waals surface area contributed by atoms with E-state index in [1.807, 2.05) is 6.92 Å². The average molecular weight is 467 g/mol. The molecule has 0 aromatic carbocycles. The van der Waals surface area contributed by atoms with Gasteiger partial charge in [-0.3, -0.25) is 0 Å². The van der Waals surface area contributed by atoms with Gasteiger partial charge in [-0.15, -0.1) is 0 Å². The topological polar surface area (TPSA) is 20.2 Å². The molecule has 4 rings (SSSR count). The molecule has 4 aliphatic rings. The second-order valence-electron chi connectivity index (χ2n) is 12.0. The van der Waals surface area contributed by atoms with Crippen LogP contribution in [0.3, 0.4) is 0 Å². The number of rotatable bonds is 6. The summed E-state index contributed by atoms with van der Waals surface area (Å²) in [5.41, 5.74) is 5.50. The standard InChI is InChI=1S/C28H42.C4H8O.CH4/c1-7-19(2)11-12-20(3)26-21(4)18-25-23-14-13-22-10-8-9-16-27(22,5)24(23)15-17-28(25,26)6;1-3-4(2)5;/h9-10,16,21,23-26H,2-3,7-8,11-15,17-18H2,1,4-6H3;5H,2-3H2,1H3;1H4. The maximum atomic E-state index is 8.17. The van der Waals surface area contributed by atoms with Gasteiger partial charge in [0.05, 0.1) is 5.76 Å². The zero-order chi connectivity index (χ0) is 24.4. The Balaban J connectivity index is 0.000000619. The molecule has 0 aromatic rings. The highest BCUT2D eigenvalue weighted by Gasteiger charge is 2.60. The number of hydrogen-bond donors (Lipinski definition) is 1. The van der Waals surface area contributed by atoms with Gasteiger partial charge in [-0.2, -0.15) is 0 Å². The minimum absolute atomic E-state index is 0. The van der Waals surface area contributed by atoms with Crippen molar-refractivity contribution in [3.05, 3.63) is 60.4 Å². The zero-order valence-electron chi connectivity index (χ0n) is 22.3. The minimum atomic E-state index is 0. The molecule has 0 bridgehead atoms. The molecule has 0 aliphatic heterocycles. The van der Waals surface area contributed by atoms with Gasteiger partial charge >= 0.3 is 0 Å². The first-order chi connectivity index (χ1) is 15.6. The van der Waals surface area contributed by atoms with E-state index in [-0.39, 0.29) is 13.2 Å². The summed E-state index contributed by atoms with van der Waals surface area (Å²) in [5.74, 6) is 4.43. The highest BCUT2D eigenvalue weighted by atomic mass is 16.3. The van der Waals surface area contributed by atoms with Crippen molar-refractivity contribution < 1.29 is 5.11 Å². The lowest BCUT2D eigenvalue weighted by Crippen LogP contribution is -2.49. The first kappa shape index (κ1) is 28.7. The monoisotopic (exact) mass is 466 g/mol. The summed E-state index contributed by atoms with van der Waals surface area (Å²) < 4.78 is 0. The SMILES string of the molecule is C.C=C(CC)CCC(=C)C1C(C)CC2C3CCC4=CCC=CC4(C)C3CCC21C.C=C(O)CC. The molecule has 0 spiro atoms. The van der Waals surface area contributed by atoms with Gasteiger partial charge in [-0.1, -0.05) is 96.7 Å². The van der Waals surface area contributed by atoms with E-state index in [1.54, 1.807) is 5.57 Å². The van der Waals surface area contributed by atoms with Crippen LogP contribution in [0.1, 0.15) is 106 Å². The van der Waals surface area contributed by atoms with E-state index in [4.69, 9.17) is 5.11 Å². The van der Waals surface area contributed by atoms with E-state index < -0.39 is 0 Å². The lowest BCUT2D eigenvalue weighted by atomic mass is 9.47. The number of aliphatic hydroxyl groups is 1. The predicted molar refractivity (Wildman–Crippen MR) is 151 cm³/mol. The fourth-order valence-corrected chi connectivity index (χ4v) is 8.24. The summed E-state index contributed by atoms with van der Waals surface area (Å²) in [4.78, 5) is 0. The van der Waals surface area contributed by atoms with Crippen LogP contribution in [0.25, 0.3) is 0 Å². The lowest BCUT2D eigenvalue weighted by Gasteiger charge is -2.57. The quantitative estimate of drug-likeness (QED) is 0.305. The number of fused-ring (bicyclic) bond motifs is 5. The molecule has 7 unspecified atom stereocenters. The van der Waals surface area contributed by atoms with Gasteiger partial charge in [-0.05, 0) is 92.8 Å². The van der Waals surface area contributed by atoms with E-state index in [1.165, 1.54) is 43.3 Å². The van der Waals surface area contributed by atoms with Crippen LogP contribution in [0.15, 0.2) is 60.4 Å². The van der Waals surface area contributed by atoms with Gasteiger partial charge < -0.3 is 5.11 Å². The van der Waals surface area contributed by atoms with Gasteiger partial charge in [0, 0.05) is 11.8 Å². The first-order valence-electron chi connectivity index (χ1n) is 13.7. The Morgan fingerprint density at radius 2 is 1.74 bits per heavy atom. The highest BCUT2D eigenvalue weighted by Crippen LogP contribution is 2.68. The van der Waals surface area contributed by atoms with Crippen molar-refractivity contribution in [3.8, 4) is 0 Å². The van der Waals surface area contributed by atoms with Crippen LogP contribution in [0.2, 0.25) is 0 Å². The van der Waals surface area contributed by atoms with Crippen LogP contribution in [0, 0.1) is 40.4 Å². The molecule has 192 valence electrons. The van der Waals surface area contributed by atoms with Gasteiger partial charge in [0.15, 0.2) is 0 Å². The van der Waals surface area contributed by atoms with Crippen LogP contribution in [0.5, 0.6) is 0 Å². The van der Waals surface area contributed by atoms with E-state index in [0.717, 1.165) is 55.3 Å². The smallest absolute Gasteiger partial charge is 0.0848 e. The van der Waals surface area contributed by atoms with Crippen molar-refractivity contribution in [2.24, 2.45) is 40.4 Å². The van der Waals surface area contributed by atoms with Gasteiger partial charge in [0.1, 0.15) is 0 Å². The fraction of sp³-hybridized carbons (Fsp3) is 0.697. The van der Waals surface area contributed by atoms with Crippen LogP contribution in [-0.2, 0) is 0 Å². The largest absolute Gasteiger partial charge is 0.513 e. The van der Waals surface area contributed by atoms with Crippen molar-refractivity contribution in [2.75, 3.05) is 0 Å². The minimum Gasteiger partial charge on any atom is -0.513 e. The molecule has 0 amide bonds. The van der Waals surface area contributed by atoms with Gasteiger partial charge in [0.2, 0.25) is 0 Å². The Labute approximate surface area is 212 Å². The van der Waals surface area contributed by atoms with Crippen LogP contribution in [0.4, 0.5) is 0 Å². The predicted octanol–water partition coefficient (Wildman–Crippen LogP) is 10.4. The van der Waals surface area contributed by atoms with Gasteiger partial charge in [0.25, 0.3) is 0 Å². The summed E-state index contributed by atoms with van der Waals surface area (Å²) in [6, 6.07) is 0. The molecule has 1 nitrogen and oxygen atoms in total. The van der Waals surface area contributed by atoms with Crippen molar-refractivity contribution in [2.45, 2.75) is 106 Å². The highest BCUT2D eigenvalue weighted by molar-refractivity contribution is 5.32. The molecule has 3 saturated carbocycles. The van der Waals surface area contributed by atoms with Crippen molar-refractivity contribution in [1.29, 1.82) is 0 Å². The van der Waals surface area contributed by atoms with Crippen LogP contribution in [-0.4, -0.2) is 5.11 Å². The third-order valence-electron chi connectivity index (χ3n) is 10.1. The molecule has 0 aromatic heterocycles. The fourth-order valence-electron chi connectivity index (χ4n) is 8.24. The molecule has 7 atom stereocenters. The van der Waals surface area contributed by atoms with Gasteiger partial charge in [-0.25, -0.2) is 0 Å². The molecular weight excluding hydrogens is 412 g/mol. The second kappa shape index (κ2) is 11.5. The molecule has 4 aliphatic carbocycles. The molecule has 0 radical (unpaired) electrons. The average Bonchev–Trinajstić information content (AvgIpc) is 3.07. The maximum Gasteiger partial charge on any atom is 0.0848 e.